The third-order valence-electron chi connectivity index (χ3n) is 6.98. The Morgan fingerprint density at radius 3 is 2.68 bits per heavy atom. The predicted molar refractivity (Wildman–Crippen MR) is 119 cm³/mol. The second kappa shape index (κ2) is 8.65. The number of carbonyl (C=O) groups excluding carboxylic acids is 1. The molecule has 3 heterocycles. The van der Waals surface area contributed by atoms with Crippen LogP contribution in [0.2, 0.25) is 0 Å². The van der Waals surface area contributed by atoms with E-state index in [1.54, 1.807) is 12.1 Å². The number of piperidine rings is 1. The summed E-state index contributed by atoms with van der Waals surface area (Å²) in [7, 11) is 0. The van der Waals surface area contributed by atoms with Crippen molar-refractivity contribution in [2.24, 2.45) is 5.92 Å². The molecule has 1 unspecified atom stereocenters. The van der Waals surface area contributed by atoms with Gasteiger partial charge in [-0.15, -0.1) is 0 Å². The number of aryl methyl sites for hydroxylation is 1. The van der Waals surface area contributed by atoms with Crippen LogP contribution in [-0.2, 0) is 17.6 Å². The van der Waals surface area contributed by atoms with Gasteiger partial charge < -0.3 is 4.90 Å². The van der Waals surface area contributed by atoms with E-state index >= 15 is 0 Å². The zero-order valence-corrected chi connectivity index (χ0v) is 18.3. The Morgan fingerprint density at radius 1 is 1.10 bits per heavy atom. The molecule has 1 saturated carbocycles. The Balaban J connectivity index is 1.37. The maximum atomic E-state index is 13.2. The van der Waals surface area contributed by atoms with E-state index in [1.165, 1.54) is 44.5 Å². The molecule has 1 aromatic carbocycles. The lowest BCUT2D eigenvalue weighted by Crippen LogP contribution is -2.39. The van der Waals surface area contributed by atoms with Crippen LogP contribution in [0.3, 0.4) is 0 Å². The molecule has 3 aliphatic rings. The first-order valence-electron chi connectivity index (χ1n) is 11.7. The summed E-state index contributed by atoms with van der Waals surface area (Å²) >= 11 is 0. The van der Waals surface area contributed by atoms with Crippen LogP contribution in [0, 0.1) is 18.7 Å². The number of likely N-dealkylation sites (tertiary alicyclic amines) is 1. The number of fused-ring (bicyclic) bond motifs is 1. The van der Waals surface area contributed by atoms with Crippen molar-refractivity contribution in [3.63, 3.8) is 0 Å². The van der Waals surface area contributed by atoms with Crippen LogP contribution in [0.15, 0.2) is 24.3 Å². The van der Waals surface area contributed by atoms with Crippen molar-refractivity contribution in [3.05, 3.63) is 52.7 Å². The molecule has 1 atom stereocenters. The average molecular weight is 423 g/mol. The molecule has 0 spiro atoms. The smallest absolute Gasteiger partial charge is 0.228 e. The average Bonchev–Trinajstić information content (AvgIpc) is 3.58. The molecule has 5 rings (SSSR count). The van der Waals surface area contributed by atoms with E-state index in [2.05, 4.69) is 11.8 Å². The second-order valence-electron chi connectivity index (χ2n) is 9.43. The molecular formula is C25H31FN4O. The fourth-order valence-corrected chi connectivity index (χ4v) is 5.01. The number of carbonyl (C=O) groups is 1. The van der Waals surface area contributed by atoms with Crippen molar-refractivity contribution in [2.45, 2.75) is 57.8 Å². The van der Waals surface area contributed by atoms with E-state index in [0.29, 0.717) is 31.7 Å². The third kappa shape index (κ3) is 4.64. The van der Waals surface area contributed by atoms with Gasteiger partial charge in [-0.05, 0) is 75.6 Å². The molecule has 0 radical (unpaired) electrons. The lowest BCUT2D eigenvalue weighted by atomic mass is 9.95. The van der Waals surface area contributed by atoms with Crippen molar-refractivity contribution in [1.29, 1.82) is 0 Å². The van der Waals surface area contributed by atoms with Gasteiger partial charge in [-0.3, -0.25) is 9.69 Å². The molecule has 164 valence electrons. The highest BCUT2D eigenvalue weighted by molar-refractivity contribution is 5.95. The molecular weight excluding hydrogens is 391 g/mol. The molecule has 1 saturated heterocycles. The van der Waals surface area contributed by atoms with Gasteiger partial charge >= 0.3 is 0 Å². The molecule has 1 aromatic heterocycles. The van der Waals surface area contributed by atoms with E-state index in [-0.39, 0.29) is 11.7 Å². The van der Waals surface area contributed by atoms with Gasteiger partial charge in [0.2, 0.25) is 5.91 Å². The molecule has 5 nitrogen and oxygen atoms in total. The number of benzene rings is 1. The van der Waals surface area contributed by atoms with Crippen LogP contribution >= 0.6 is 0 Å². The van der Waals surface area contributed by atoms with Gasteiger partial charge in [0.1, 0.15) is 17.5 Å². The van der Waals surface area contributed by atoms with E-state index in [4.69, 9.17) is 9.97 Å². The standard InChI is InChI=1S/C25H31FN4O/c1-17-22-10-11-23(31)30(14-12-18-6-8-21(26)9-7-18)25(22)28-24(27-17)20-3-2-13-29(16-20)15-19-4-5-19/h6-9,19-20H,2-5,10-16H2,1H3. The van der Waals surface area contributed by atoms with Gasteiger partial charge in [0.15, 0.2) is 0 Å². The number of nitrogens with zero attached hydrogens (tertiary/aromatic N) is 4. The fraction of sp³-hybridized carbons (Fsp3) is 0.560. The quantitative estimate of drug-likeness (QED) is 0.705. The van der Waals surface area contributed by atoms with Crippen molar-refractivity contribution < 1.29 is 9.18 Å². The number of amides is 1. The molecule has 1 amide bonds. The van der Waals surface area contributed by atoms with E-state index in [0.717, 1.165) is 47.3 Å². The Morgan fingerprint density at radius 2 is 1.90 bits per heavy atom. The normalized spacial score (nSPS) is 21.9. The monoisotopic (exact) mass is 422 g/mol. The van der Waals surface area contributed by atoms with Crippen molar-refractivity contribution in [2.75, 3.05) is 31.1 Å². The van der Waals surface area contributed by atoms with Crippen molar-refractivity contribution in [3.8, 4) is 0 Å². The molecule has 6 heteroatoms. The topological polar surface area (TPSA) is 49.3 Å². The van der Waals surface area contributed by atoms with Crippen LogP contribution in [-0.4, -0.2) is 47.0 Å². The maximum Gasteiger partial charge on any atom is 0.228 e. The zero-order valence-electron chi connectivity index (χ0n) is 18.3. The Bertz CT molecular complexity index is 957. The maximum absolute atomic E-state index is 13.2. The molecule has 31 heavy (non-hydrogen) atoms. The molecule has 1 aliphatic carbocycles. The highest BCUT2D eigenvalue weighted by atomic mass is 19.1. The first-order valence-corrected chi connectivity index (χ1v) is 11.7. The van der Waals surface area contributed by atoms with Gasteiger partial charge in [-0.2, -0.15) is 0 Å². The van der Waals surface area contributed by atoms with Gasteiger partial charge in [-0.1, -0.05) is 12.1 Å². The highest BCUT2D eigenvalue weighted by Gasteiger charge is 2.32. The van der Waals surface area contributed by atoms with Gasteiger partial charge in [0, 0.05) is 43.2 Å². The van der Waals surface area contributed by atoms with E-state index < -0.39 is 0 Å². The lowest BCUT2D eigenvalue weighted by molar-refractivity contribution is -0.118. The zero-order chi connectivity index (χ0) is 21.4. The second-order valence-corrected chi connectivity index (χ2v) is 9.43. The number of halogens is 1. The van der Waals surface area contributed by atoms with Crippen molar-refractivity contribution >= 4 is 11.7 Å². The van der Waals surface area contributed by atoms with E-state index in [9.17, 15) is 9.18 Å². The minimum atomic E-state index is -0.237. The number of hydrogen-bond donors (Lipinski definition) is 0. The van der Waals surface area contributed by atoms with Crippen LogP contribution in [0.5, 0.6) is 0 Å². The summed E-state index contributed by atoms with van der Waals surface area (Å²) in [5.41, 5.74) is 3.14. The Labute approximate surface area is 183 Å². The van der Waals surface area contributed by atoms with Crippen LogP contribution in [0.1, 0.15) is 60.7 Å². The Hall–Kier alpha value is -2.34. The molecule has 0 N–H and O–H groups in total. The van der Waals surface area contributed by atoms with Crippen LogP contribution in [0.4, 0.5) is 10.2 Å². The minimum Gasteiger partial charge on any atom is -0.302 e. The minimum absolute atomic E-state index is 0.123. The molecule has 2 aromatic rings. The molecule has 2 aliphatic heterocycles. The summed E-state index contributed by atoms with van der Waals surface area (Å²) in [4.78, 5) is 27.1. The van der Waals surface area contributed by atoms with Crippen LogP contribution in [0.25, 0.3) is 0 Å². The first-order chi connectivity index (χ1) is 15.1. The summed E-state index contributed by atoms with van der Waals surface area (Å²) < 4.78 is 13.2. The molecule has 2 fully saturated rings. The summed E-state index contributed by atoms with van der Waals surface area (Å²) in [6, 6.07) is 6.53. The highest BCUT2D eigenvalue weighted by Crippen LogP contribution is 2.34. The number of hydrogen-bond acceptors (Lipinski definition) is 4. The lowest BCUT2D eigenvalue weighted by Gasteiger charge is -2.34. The summed E-state index contributed by atoms with van der Waals surface area (Å²) in [6.45, 7) is 6.04. The largest absolute Gasteiger partial charge is 0.302 e. The summed E-state index contributed by atoms with van der Waals surface area (Å²) in [6.07, 6.45) is 6.95. The summed E-state index contributed by atoms with van der Waals surface area (Å²) in [5, 5.41) is 0. The fourth-order valence-electron chi connectivity index (χ4n) is 5.01. The SMILES string of the molecule is Cc1nc(C2CCCN(CC3CC3)C2)nc2c1CCC(=O)N2CCc1ccc(F)cc1. The number of rotatable bonds is 6. The van der Waals surface area contributed by atoms with Crippen molar-refractivity contribution in [1.82, 2.24) is 14.9 Å². The van der Waals surface area contributed by atoms with Crippen LogP contribution < -0.4 is 4.90 Å². The predicted octanol–water partition coefficient (Wildman–Crippen LogP) is 4.04. The number of anilines is 1. The van der Waals surface area contributed by atoms with Gasteiger partial charge in [0.05, 0.1) is 0 Å². The Kier molecular flexibility index (Phi) is 5.74. The third-order valence-corrected chi connectivity index (χ3v) is 6.98. The van der Waals surface area contributed by atoms with Gasteiger partial charge in [0.25, 0.3) is 0 Å². The molecule has 0 bridgehead atoms. The number of aromatic nitrogens is 2. The van der Waals surface area contributed by atoms with Gasteiger partial charge in [-0.25, -0.2) is 14.4 Å². The summed E-state index contributed by atoms with van der Waals surface area (Å²) in [5.74, 6) is 2.83. The van der Waals surface area contributed by atoms with E-state index in [1.807, 2.05) is 4.90 Å². The first kappa shape index (κ1) is 20.6.